The van der Waals surface area contributed by atoms with Gasteiger partial charge in [-0.05, 0) is 6.07 Å². The average Bonchev–Trinajstić information content (AvgIpc) is 3.11. The first-order valence-corrected chi connectivity index (χ1v) is 8.47. The van der Waals surface area contributed by atoms with Crippen LogP contribution in [0.1, 0.15) is 16.2 Å². The number of aromatic nitrogens is 1. The van der Waals surface area contributed by atoms with Crippen molar-refractivity contribution in [1.29, 1.82) is 0 Å². The van der Waals surface area contributed by atoms with Crippen LogP contribution in [0, 0.1) is 0 Å². The highest BCUT2D eigenvalue weighted by molar-refractivity contribution is 6.32. The van der Waals surface area contributed by atoms with Gasteiger partial charge in [0.05, 0.1) is 44.7 Å². The Balaban J connectivity index is 1.69. The van der Waals surface area contributed by atoms with Gasteiger partial charge in [0, 0.05) is 25.2 Å². The van der Waals surface area contributed by atoms with E-state index in [4.69, 9.17) is 30.3 Å². The molecule has 0 atom stereocenters. The van der Waals surface area contributed by atoms with E-state index in [1.54, 1.807) is 18.2 Å². The number of carbonyl (C=O) groups excluding carboxylic acids is 1. The van der Waals surface area contributed by atoms with E-state index < -0.39 is 5.91 Å². The molecule has 0 spiro atoms. The highest BCUT2D eigenvalue weighted by Gasteiger charge is 2.19. The average molecular weight is 382 g/mol. The Morgan fingerprint density at radius 3 is 2.65 bits per heavy atom. The molecule has 9 heteroatoms. The fraction of sp³-hybridized carbons (Fsp3) is 0.412. The zero-order valence-corrected chi connectivity index (χ0v) is 15.3. The summed E-state index contributed by atoms with van der Waals surface area (Å²) in [6.07, 6.45) is 0. The lowest BCUT2D eigenvalue weighted by atomic mass is 10.2. The minimum absolute atomic E-state index is 0.183. The molecule has 26 heavy (non-hydrogen) atoms. The summed E-state index contributed by atoms with van der Waals surface area (Å²) < 4.78 is 21.0. The van der Waals surface area contributed by atoms with Gasteiger partial charge in [-0.25, -0.2) is 0 Å². The van der Waals surface area contributed by atoms with Crippen LogP contribution in [0.25, 0.3) is 0 Å². The minimum Gasteiger partial charge on any atom is -0.495 e. The lowest BCUT2D eigenvalue weighted by Crippen LogP contribution is -2.35. The standard InChI is InChI=1S/C17H20ClN3O5/c1-23-15-9-16(24-2)13(8-12(15)18)19-17(22)14-7-11(26-20-14)10-21-3-5-25-6-4-21/h7-9H,3-6,10H2,1-2H3,(H,19,22). The number of morpholine rings is 1. The fourth-order valence-electron chi connectivity index (χ4n) is 2.62. The smallest absolute Gasteiger partial charge is 0.277 e. The van der Waals surface area contributed by atoms with Crippen LogP contribution in [-0.4, -0.2) is 56.5 Å². The summed E-state index contributed by atoms with van der Waals surface area (Å²) in [5.74, 6) is 1.09. The van der Waals surface area contributed by atoms with E-state index >= 15 is 0 Å². The number of ether oxygens (including phenoxy) is 3. The third kappa shape index (κ3) is 4.27. The quantitative estimate of drug-likeness (QED) is 0.822. The molecule has 0 aliphatic carbocycles. The van der Waals surface area contributed by atoms with Crippen molar-refractivity contribution in [1.82, 2.24) is 10.1 Å². The molecular weight excluding hydrogens is 362 g/mol. The van der Waals surface area contributed by atoms with Gasteiger partial charge in [-0.15, -0.1) is 0 Å². The number of methoxy groups -OCH3 is 2. The van der Waals surface area contributed by atoms with E-state index in [-0.39, 0.29) is 5.69 Å². The lowest BCUT2D eigenvalue weighted by Gasteiger charge is -2.25. The molecule has 0 bridgehead atoms. The molecular formula is C17H20ClN3O5. The van der Waals surface area contributed by atoms with Gasteiger partial charge in [0.25, 0.3) is 5.91 Å². The molecule has 1 N–H and O–H groups in total. The normalized spacial score (nSPS) is 14.9. The molecule has 3 rings (SSSR count). The zero-order chi connectivity index (χ0) is 18.5. The van der Waals surface area contributed by atoms with Crippen LogP contribution >= 0.6 is 11.6 Å². The van der Waals surface area contributed by atoms with Gasteiger partial charge in [-0.2, -0.15) is 0 Å². The number of benzene rings is 1. The Labute approximate surface area is 155 Å². The van der Waals surface area contributed by atoms with Crippen LogP contribution in [0.3, 0.4) is 0 Å². The van der Waals surface area contributed by atoms with Gasteiger partial charge >= 0.3 is 0 Å². The summed E-state index contributed by atoms with van der Waals surface area (Å²) in [5, 5.41) is 6.93. The second-order valence-electron chi connectivity index (χ2n) is 5.71. The summed E-state index contributed by atoms with van der Waals surface area (Å²) in [7, 11) is 3.00. The molecule has 8 nitrogen and oxygen atoms in total. The summed E-state index contributed by atoms with van der Waals surface area (Å²) in [6, 6.07) is 4.79. The number of carbonyl (C=O) groups is 1. The maximum atomic E-state index is 12.5. The minimum atomic E-state index is -0.415. The van der Waals surface area contributed by atoms with Crippen molar-refractivity contribution in [2.24, 2.45) is 0 Å². The molecule has 2 heterocycles. The first kappa shape index (κ1) is 18.5. The maximum Gasteiger partial charge on any atom is 0.277 e. The molecule has 1 aliphatic rings. The number of nitrogens with one attached hydrogen (secondary N) is 1. The second kappa shape index (κ2) is 8.39. The molecule has 1 aromatic heterocycles. The largest absolute Gasteiger partial charge is 0.495 e. The highest BCUT2D eigenvalue weighted by Crippen LogP contribution is 2.36. The van der Waals surface area contributed by atoms with E-state index in [9.17, 15) is 4.79 Å². The Bertz CT molecular complexity index is 774. The van der Waals surface area contributed by atoms with Gasteiger partial charge in [-0.3, -0.25) is 9.69 Å². The van der Waals surface area contributed by atoms with Crippen molar-refractivity contribution in [2.75, 3.05) is 45.8 Å². The molecule has 1 saturated heterocycles. The van der Waals surface area contributed by atoms with Crippen molar-refractivity contribution in [3.05, 3.63) is 34.7 Å². The third-order valence-corrected chi connectivity index (χ3v) is 4.29. The first-order chi connectivity index (χ1) is 12.6. The van der Waals surface area contributed by atoms with Gasteiger partial charge in [0.15, 0.2) is 11.5 Å². The van der Waals surface area contributed by atoms with E-state index in [0.717, 1.165) is 13.1 Å². The molecule has 0 unspecified atom stereocenters. The van der Waals surface area contributed by atoms with E-state index in [0.29, 0.717) is 47.7 Å². The predicted octanol–water partition coefficient (Wildman–Crippen LogP) is 2.43. The number of hydrogen-bond acceptors (Lipinski definition) is 7. The number of halogens is 1. The predicted molar refractivity (Wildman–Crippen MR) is 95.1 cm³/mol. The van der Waals surface area contributed by atoms with Crippen LogP contribution in [0.4, 0.5) is 5.69 Å². The zero-order valence-electron chi connectivity index (χ0n) is 14.6. The maximum absolute atomic E-state index is 12.5. The van der Waals surface area contributed by atoms with Gasteiger partial charge in [0.1, 0.15) is 11.5 Å². The first-order valence-electron chi connectivity index (χ1n) is 8.09. The summed E-state index contributed by atoms with van der Waals surface area (Å²) >= 11 is 6.12. The second-order valence-corrected chi connectivity index (χ2v) is 6.12. The van der Waals surface area contributed by atoms with E-state index in [2.05, 4.69) is 15.4 Å². The Morgan fingerprint density at radius 2 is 1.96 bits per heavy atom. The Morgan fingerprint density at radius 1 is 1.23 bits per heavy atom. The van der Waals surface area contributed by atoms with Crippen LogP contribution in [0.15, 0.2) is 22.7 Å². The fourth-order valence-corrected chi connectivity index (χ4v) is 2.86. The third-order valence-electron chi connectivity index (χ3n) is 4.00. The Kier molecular flexibility index (Phi) is 5.97. The molecule has 2 aromatic rings. The Hall–Kier alpha value is -2.29. The molecule has 0 saturated carbocycles. The SMILES string of the molecule is COc1cc(OC)c(NC(=O)c2cc(CN3CCOCC3)on2)cc1Cl. The summed E-state index contributed by atoms with van der Waals surface area (Å²) in [4.78, 5) is 14.6. The van der Waals surface area contributed by atoms with Gasteiger partial charge in [-0.1, -0.05) is 16.8 Å². The molecule has 140 valence electrons. The number of anilines is 1. The van der Waals surface area contributed by atoms with Crippen molar-refractivity contribution in [3.8, 4) is 11.5 Å². The van der Waals surface area contributed by atoms with E-state index in [1.807, 2.05) is 0 Å². The lowest BCUT2D eigenvalue weighted by molar-refractivity contribution is 0.0305. The van der Waals surface area contributed by atoms with Crippen LogP contribution in [-0.2, 0) is 11.3 Å². The van der Waals surface area contributed by atoms with Crippen LogP contribution in [0.5, 0.6) is 11.5 Å². The molecule has 0 radical (unpaired) electrons. The molecule has 1 amide bonds. The molecule has 1 fully saturated rings. The van der Waals surface area contributed by atoms with Gasteiger partial charge < -0.3 is 24.1 Å². The van der Waals surface area contributed by atoms with Crippen LogP contribution in [0.2, 0.25) is 5.02 Å². The number of amides is 1. The molecule has 1 aromatic carbocycles. The number of nitrogens with zero attached hydrogens (tertiary/aromatic N) is 2. The van der Waals surface area contributed by atoms with Crippen molar-refractivity contribution >= 4 is 23.2 Å². The topological polar surface area (TPSA) is 86.1 Å². The van der Waals surface area contributed by atoms with Gasteiger partial charge in [0.2, 0.25) is 0 Å². The van der Waals surface area contributed by atoms with Crippen molar-refractivity contribution in [3.63, 3.8) is 0 Å². The number of hydrogen-bond donors (Lipinski definition) is 1. The van der Waals surface area contributed by atoms with Crippen molar-refractivity contribution < 1.29 is 23.5 Å². The van der Waals surface area contributed by atoms with Crippen molar-refractivity contribution in [2.45, 2.75) is 6.54 Å². The number of rotatable bonds is 6. The summed E-state index contributed by atoms with van der Waals surface area (Å²) in [5.41, 5.74) is 0.600. The molecule has 1 aliphatic heterocycles. The van der Waals surface area contributed by atoms with E-state index in [1.165, 1.54) is 14.2 Å². The summed E-state index contributed by atoms with van der Waals surface area (Å²) in [6.45, 7) is 3.62. The monoisotopic (exact) mass is 381 g/mol. The van der Waals surface area contributed by atoms with Crippen LogP contribution < -0.4 is 14.8 Å². The highest BCUT2D eigenvalue weighted by atomic mass is 35.5.